The minimum absolute atomic E-state index is 0.623. The van der Waals surface area contributed by atoms with E-state index >= 15 is 0 Å². The Bertz CT molecular complexity index is 2080. The van der Waals surface area contributed by atoms with Crippen LogP contribution in [0.15, 0.2) is 73.1 Å². The predicted octanol–water partition coefficient (Wildman–Crippen LogP) is 7.79. The second kappa shape index (κ2) is 9.92. The molecule has 0 fully saturated rings. The summed E-state index contributed by atoms with van der Waals surface area (Å²) in [7, 11) is 1.94. The SMILES string of the molecule is Cc1cc2cc(-c3ccc4c(cnn4C)c3)ccc2c(-c2ccc3c4c(ccnc24)CCO3)c1[C@H](OC(C)(C)C)C(=O)O. The lowest BCUT2D eigenvalue weighted by molar-refractivity contribution is -0.160. The van der Waals surface area contributed by atoms with Gasteiger partial charge in [0.2, 0.25) is 0 Å². The largest absolute Gasteiger partial charge is 0.493 e. The minimum Gasteiger partial charge on any atom is -0.493 e. The normalized spacial score (nSPS) is 13.9. The molecule has 0 radical (unpaired) electrons. The fraction of sp³-hybridized carbons (Fsp3) is 0.250. The summed E-state index contributed by atoms with van der Waals surface area (Å²) < 4.78 is 14.1. The molecule has 4 aromatic carbocycles. The van der Waals surface area contributed by atoms with Gasteiger partial charge in [0.15, 0.2) is 6.10 Å². The molecule has 0 amide bonds. The van der Waals surface area contributed by atoms with Gasteiger partial charge in [-0.15, -0.1) is 0 Å². The molecule has 1 atom stereocenters. The molecular weight excluding hydrogens is 538 g/mol. The highest BCUT2D eigenvalue weighted by atomic mass is 16.5. The zero-order valence-electron chi connectivity index (χ0n) is 24.9. The minimum atomic E-state index is -1.17. The van der Waals surface area contributed by atoms with Gasteiger partial charge >= 0.3 is 5.97 Å². The molecule has 1 aliphatic heterocycles. The number of ether oxygens (including phenoxy) is 2. The Morgan fingerprint density at radius 3 is 2.56 bits per heavy atom. The van der Waals surface area contributed by atoms with Crippen molar-refractivity contribution >= 4 is 38.5 Å². The third-order valence-electron chi connectivity index (χ3n) is 8.26. The fourth-order valence-electron chi connectivity index (χ4n) is 6.40. The lowest BCUT2D eigenvalue weighted by atomic mass is 9.85. The zero-order chi connectivity index (χ0) is 30.0. The second-order valence-corrected chi connectivity index (χ2v) is 12.3. The molecule has 216 valence electrons. The van der Waals surface area contributed by atoms with Crippen LogP contribution in [-0.4, -0.2) is 38.0 Å². The highest BCUT2D eigenvalue weighted by molar-refractivity contribution is 6.09. The second-order valence-electron chi connectivity index (χ2n) is 12.3. The maximum atomic E-state index is 12.9. The molecule has 1 N–H and O–H groups in total. The van der Waals surface area contributed by atoms with Gasteiger partial charge in [-0.2, -0.15) is 5.10 Å². The number of carboxylic acids is 1. The van der Waals surface area contributed by atoms with Crippen molar-refractivity contribution in [3.05, 3.63) is 89.7 Å². The molecule has 7 rings (SSSR count). The molecule has 7 nitrogen and oxygen atoms in total. The van der Waals surface area contributed by atoms with Gasteiger partial charge in [-0.25, -0.2) is 4.79 Å². The Labute approximate surface area is 249 Å². The van der Waals surface area contributed by atoms with Gasteiger partial charge in [0.1, 0.15) is 5.75 Å². The number of hydrogen-bond acceptors (Lipinski definition) is 5. The van der Waals surface area contributed by atoms with Crippen molar-refractivity contribution < 1.29 is 19.4 Å². The van der Waals surface area contributed by atoms with Crippen molar-refractivity contribution in [2.75, 3.05) is 6.61 Å². The summed E-state index contributed by atoms with van der Waals surface area (Å²) >= 11 is 0. The van der Waals surface area contributed by atoms with E-state index in [0.29, 0.717) is 12.2 Å². The number of pyridine rings is 1. The average molecular weight is 572 g/mol. The van der Waals surface area contributed by atoms with Crippen LogP contribution < -0.4 is 4.74 Å². The van der Waals surface area contributed by atoms with Crippen molar-refractivity contribution in [3.63, 3.8) is 0 Å². The number of hydrogen-bond donors (Lipinski definition) is 1. The Hall–Kier alpha value is -4.75. The van der Waals surface area contributed by atoms with Crippen LogP contribution in [0.5, 0.6) is 5.75 Å². The Balaban J connectivity index is 1.52. The van der Waals surface area contributed by atoms with E-state index in [1.807, 2.05) is 70.0 Å². The first kappa shape index (κ1) is 27.1. The van der Waals surface area contributed by atoms with Crippen molar-refractivity contribution in [1.29, 1.82) is 0 Å². The summed E-state index contributed by atoms with van der Waals surface area (Å²) in [6.07, 6.45) is 3.34. The van der Waals surface area contributed by atoms with Gasteiger partial charge in [0, 0.05) is 41.6 Å². The molecule has 0 aliphatic carbocycles. The van der Waals surface area contributed by atoms with Crippen molar-refractivity contribution in [2.45, 2.75) is 45.8 Å². The lowest BCUT2D eigenvalue weighted by Gasteiger charge is -2.29. The summed E-state index contributed by atoms with van der Waals surface area (Å²) in [5, 5.41) is 18.9. The monoisotopic (exact) mass is 571 g/mol. The zero-order valence-corrected chi connectivity index (χ0v) is 24.9. The molecule has 0 bridgehead atoms. The molecule has 0 saturated carbocycles. The molecule has 1 aliphatic rings. The number of carbonyl (C=O) groups is 1. The van der Waals surface area contributed by atoms with Crippen LogP contribution in [0.4, 0.5) is 0 Å². The highest BCUT2D eigenvalue weighted by Gasteiger charge is 2.32. The van der Waals surface area contributed by atoms with Crippen LogP contribution >= 0.6 is 0 Å². The molecular formula is C36H33N3O4. The molecule has 0 spiro atoms. The fourth-order valence-corrected chi connectivity index (χ4v) is 6.40. The van der Waals surface area contributed by atoms with E-state index in [2.05, 4.69) is 47.6 Å². The number of aliphatic carboxylic acids is 1. The number of fused-ring (bicyclic) bond motifs is 2. The van der Waals surface area contributed by atoms with Crippen LogP contribution in [0.1, 0.15) is 43.6 Å². The van der Waals surface area contributed by atoms with Crippen molar-refractivity contribution in [3.8, 4) is 28.0 Å². The topological polar surface area (TPSA) is 86.5 Å². The number of aryl methyl sites for hydroxylation is 2. The van der Waals surface area contributed by atoms with Crippen LogP contribution in [0.2, 0.25) is 0 Å². The van der Waals surface area contributed by atoms with E-state index in [4.69, 9.17) is 14.5 Å². The van der Waals surface area contributed by atoms with Gasteiger partial charge < -0.3 is 14.6 Å². The third-order valence-corrected chi connectivity index (χ3v) is 8.26. The summed E-state index contributed by atoms with van der Waals surface area (Å²) in [6.45, 7) is 8.23. The van der Waals surface area contributed by atoms with Crippen molar-refractivity contribution in [2.24, 2.45) is 7.05 Å². The Morgan fingerprint density at radius 2 is 1.79 bits per heavy atom. The summed E-state index contributed by atoms with van der Waals surface area (Å²) in [5.41, 5.74) is 7.70. The first-order valence-electron chi connectivity index (χ1n) is 14.5. The summed E-state index contributed by atoms with van der Waals surface area (Å²) in [6, 6.07) is 20.8. The molecule has 3 heterocycles. The van der Waals surface area contributed by atoms with E-state index < -0.39 is 17.7 Å². The molecule has 7 heteroatoms. The first-order chi connectivity index (χ1) is 20.6. The molecule has 0 unspecified atom stereocenters. The number of aromatic nitrogens is 3. The standard InChI is InChI=1S/C36H33N3O4/c1-20-16-24-17-22(23-7-10-28-25(18-23)19-38-39(28)5)6-8-26(24)32(30(20)34(35(40)41)43-36(2,3)4)27-9-11-29-31-21(13-15-42-29)12-14-37-33(27)31/h6-12,14,16-19,34H,13,15H2,1-5H3,(H,40,41)/t34-/m0/s1. The Morgan fingerprint density at radius 1 is 1.02 bits per heavy atom. The van der Waals surface area contributed by atoms with Gasteiger partial charge in [0.05, 0.1) is 29.4 Å². The van der Waals surface area contributed by atoms with Crippen LogP contribution in [-0.2, 0) is 23.0 Å². The van der Waals surface area contributed by atoms with Gasteiger partial charge in [-0.3, -0.25) is 9.67 Å². The van der Waals surface area contributed by atoms with Crippen LogP contribution in [0, 0.1) is 6.92 Å². The summed E-state index contributed by atoms with van der Waals surface area (Å²) in [5.74, 6) is -0.223. The third kappa shape index (κ3) is 4.61. The molecule has 6 aromatic rings. The van der Waals surface area contributed by atoms with E-state index in [1.54, 1.807) is 0 Å². The summed E-state index contributed by atoms with van der Waals surface area (Å²) in [4.78, 5) is 17.7. The number of benzene rings is 4. The van der Waals surface area contributed by atoms with Gasteiger partial charge in [0.25, 0.3) is 0 Å². The smallest absolute Gasteiger partial charge is 0.337 e. The van der Waals surface area contributed by atoms with E-state index in [1.165, 1.54) is 5.56 Å². The highest BCUT2D eigenvalue weighted by Crippen LogP contribution is 2.45. The van der Waals surface area contributed by atoms with Gasteiger partial charge in [-0.1, -0.05) is 24.3 Å². The van der Waals surface area contributed by atoms with E-state index in [-0.39, 0.29) is 0 Å². The quantitative estimate of drug-likeness (QED) is 0.227. The maximum Gasteiger partial charge on any atom is 0.337 e. The van der Waals surface area contributed by atoms with Gasteiger partial charge in [-0.05, 0) is 103 Å². The Kier molecular flexibility index (Phi) is 6.25. The number of nitrogens with zero attached hydrogens (tertiary/aromatic N) is 3. The van der Waals surface area contributed by atoms with E-state index in [9.17, 15) is 9.90 Å². The number of rotatable bonds is 5. The van der Waals surface area contributed by atoms with Crippen LogP contribution in [0.3, 0.4) is 0 Å². The predicted molar refractivity (Wildman–Crippen MR) is 170 cm³/mol. The van der Waals surface area contributed by atoms with E-state index in [0.717, 1.165) is 72.6 Å². The average Bonchev–Trinajstić information content (AvgIpc) is 3.35. The van der Waals surface area contributed by atoms with Crippen molar-refractivity contribution in [1.82, 2.24) is 14.8 Å². The first-order valence-corrected chi connectivity index (χ1v) is 14.5. The van der Waals surface area contributed by atoms with Crippen LogP contribution in [0.25, 0.3) is 54.8 Å². The maximum absolute atomic E-state index is 12.9. The molecule has 43 heavy (non-hydrogen) atoms. The molecule has 0 saturated heterocycles. The number of carboxylic acid groups (broad SMARTS) is 1. The molecule has 2 aromatic heterocycles. The lowest BCUT2D eigenvalue weighted by Crippen LogP contribution is -2.28.